The molecule has 184 valence electrons. The predicted octanol–water partition coefficient (Wildman–Crippen LogP) is 7.24. The third kappa shape index (κ3) is 7.85. The Morgan fingerprint density at radius 3 is 2.00 bits per heavy atom. The predicted molar refractivity (Wildman–Crippen MR) is 143 cm³/mol. The van der Waals surface area contributed by atoms with Crippen molar-refractivity contribution in [1.82, 2.24) is 0 Å². The average Bonchev–Trinajstić information content (AvgIpc) is 2.73. The highest BCUT2D eigenvalue weighted by Crippen LogP contribution is 2.46. The van der Waals surface area contributed by atoms with Gasteiger partial charge in [-0.2, -0.15) is 0 Å². The van der Waals surface area contributed by atoms with E-state index < -0.39 is 23.5 Å². The van der Waals surface area contributed by atoms with E-state index in [1.807, 2.05) is 13.8 Å². The molecule has 0 spiro atoms. The van der Waals surface area contributed by atoms with Gasteiger partial charge in [0, 0.05) is 0 Å². The number of aliphatic carboxylic acids is 2. The van der Waals surface area contributed by atoms with E-state index in [4.69, 9.17) is 9.47 Å². The molecule has 0 radical (unpaired) electrons. The van der Waals surface area contributed by atoms with Crippen molar-refractivity contribution in [1.29, 1.82) is 0 Å². The smallest absolute Gasteiger partial charge is 0.339 e. The van der Waals surface area contributed by atoms with Crippen molar-refractivity contribution < 1.29 is 29.3 Å². The molecule has 1 rings (SSSR count). The second-order valence-electron chi connectivity index (χ2n) is 8.15. The van der Waals surface area contributed by atoms with Crippen molar-refractivity contribution in [2.45, 2.75) is 106 Å². The number of unbranched alkanes of at least 4 members (excludes halogenated alkanes) is 4. The first kappa shape index (κ1) is 29.7. The summed E-state index contributed by atoms with van der Waals surface area (Å²) in [5.74, 6) is -2.99. The number of rotatable bonds is 16. The van der Waals surface area contributed by atoms with Crippen LogP contribution in [-0.4, -0.2) is 36.0 Å². The Morgan fingerprint density at radius 1 is 1.00 bits per heavy atom. The molecule has 0 bridgehead atoms. The highest BCUT2D eigenvalue weighted by atomic mass is 127. The third-order valence-electron chi connectivity index (χ3n) is 5.90. The second-order valence-corrected chi connectivity index (χ2v) is 10.9. The fourth-order valence-corrected chi connectivity index (χ4v) is 5.86. The summed E-state index contributed by atoms with van der Waals surface area (Å²) in [6.45, 7) is 7.97. The monoisotopic (exact) mass is 676 g/mol. The van der Waals surface area contributed by atoms with Crippen LogP contribution >= 0.6 is 45.2 Å². The summed E-state index contributed by atoms with van der Waals surface area (Å²) < 4.78 is 12.0. The lowest BCUT2D eigenvalue weighted by Crippen LogP contribution is -2.50. The standard InChI is InChI=1S/C24H38I2O6/c1-5-9-11-13-19(25)31-18-15-17(22(27)28)24(8-4,16(7-3)21(18)23(29)30)32-20(26)14-12-10-6-2/h15,17,19-20H,5-14H2,1-4H3,(H,27,28)(H,29,30). The SMILES string of the molecule is CCCCCC(I)OC1=CC(C(=O)O)C(CC)(OC(I)CCCCC)C(CC)=C1C(=O)O. The van der Waals surface area contributed by atoms with Crippen LogP contribution in [0.1, 0.15) is 91.9 Å². The lowest BCUT2D eigenvalue weighted by atomic mass is 9.71. The average molecular weight is 676 g/mol. The molecule has 0 aromatic heterocycles. The van der Waals surface area contributed by atoms with Crippen LogP contribution < -0.4 is 0 Å². The van der Waals surface area contributed by atoms with Gasteiger partial charge in [0.15, 0.2) is 0 Å². The van der Waals surface area contributed by atoms with E-state index in [1.54, 1.807) is 0 Å². The Morgan fingerprint density at radius 2 is 1.56 bits per heavy atom. The lowest BCUT2D eigenvalue weighted by Gasteiger charge is -2.44. The quantitative estimate of drug-likeness (QED) is 0.102. The molecule has 1 aliphatic carbocycles. The summed E-state index contributed by atoms with van der Waals surface area (Å²) in [5.41, 5.74) is -0.643. The molecule has 0 fully saturated rings. The van der Waals surface area contributed by atoms with Gasteiger partial charge in [-0.05, 0) is 66.3 Å². The Labute approximate surface area is 219 Å². The highest BCUT2D eigenvalue weighted by Gasteiger charge is 2.51. The Kier molecular flexibility index (Phi) is 13.7. The molecule has 0 aromatic rings. The number of alkyl halides is 2. The number of carboxylic acids is 2. The Bertz CT molecular complexity index is 690. The van der Waals surface area contributed by atoms with Gasteiger partial charge in [0.05, 0.1) is 0 Å². The van der Waals surface area contributed by atoms with Gasteiger partial charge in [-0.3, -0.25) is 4.79 Å². The van der Waals surface area contributed by atoms with E-state index in [0.717, 1.165) is 51.4 Å². The molecular weight excluding hydrogens is 638 g/mol. The maximum Gasteiger partial charge on any atom is 0.339 e. The van der Waals surface area contributed by atoms with Crippen molar-refractivity contribution in [2.24, 2.45) is 5.92 Å². The maximum absolute atomic E-state index is 12.4. The maximum atomic E-state index is 12.4. The number of carboxylic acid groups (broad SMARTS) is 2. The summed E-state index contributed by atoms with van der Waals surface area (Å²) >= 11 is 4.37. The van der Waals surface area contributed by atoms with Crippen LogP contribution in [0.15, 0.2) is 23.0 Å². The largest absolute Gasteiger partial charge is 0.481 e. The summed E-state index contributed by atoms with van der Waals surface area (Å²) in [6.07, 6.45) is 10.1. The first-order valence-corrected chi connectivity index (χ1v) is 14.2. The fraction of sp³-hybridized carbons (Fsp3) is 0.750. The molecule has 1 aliphatic rings. The number of halogens is 2. The zero-order valence-corrected chi connectivity index (χ0v) is 24.0. The molecular formula is C24H38I2O6. The van der Waals surface area contributed by atoms with Crippen LogP contribution in [0.3, 0.4) is 0 Å². The van der Waals surface area contributed by atoms with Crippen LogP contribution in [0.5, 0.6) is 0 Å². The normalized spacial score (nSPS) is 22.9. The minimum absolute atomic E-state index is 0.0566. The van der Waals surface area contributed by atoms with Crippen LogP contribution in [0.2, 0.25) is 0 Å². The van der Waals surface area contributed by atoms with Crippen LogP contribution in [-0.2, 0) is 19.1 Å². The van der Waals surface area contributed by atoms with E-state index in [1.165, 1.54) is 6.08 Å². The zero-order chi connectivity index (χ0) is 24.3. The van der Waals surface area contributed by atoms with Crippen LogP contribution in [0, 0.1) is 5.92 Å². The fourth-order valence-electron chi connectivity index (χ4n) is 4.25. The number of carbonyl (C=O) groups is 2. The Hall–Kier alpha value is -0.360. The molecule has 0 aliphatic heterocycles. The summed E-state index contributed by atoms with van der Waals surface area (Å²) in [5, 5.41) is 20.3. The molecule has 0 aromatic carbocycles. The zero-order valence-electron chi connectivity index (χ0n) is 19.7. The molecule has 0 heterocycles. The second kappa shape index (κ2) is 14.8. The summed E-state index contributed by atoms with van der Waals surface area (Å²) in [6, 6.07) is 0. The van der Waals surface area contributed by atoms with E-state index >= 15 is 0 Å². The van der Waals surface area contributed by atoms with Gasteiger partial charge in [-0.15, -0.1) is 0 Å². The van der Waals surface area contributed by atoms with Gasteiger partial charge in [0.25, 0.3) is 0 Å². The van der Waals surface area contributed by atoms with Crippen molar-refractivity contribution in [3.05, 3.63) is 23.0 Å². The van der Waals surface area contributed by atoms with E-state index in [2.05, 4.69) is 59.0 Å². The number of hydrogen-bond donors (Lipinski definition) is 2. The van der Waals surface area contributed by atoms with Gasteiger partial charge in [-0.1, -0.05) is 82.4 Å². The topological polar surface area (TPSA) is 93.1 Å². The number of hydrogen-bond acceptors (Lipinski definition) is 4. The first-order valence-electron chi connectivity index (χ1n) is 11.7. The molecule has 6 nitrogen and oxygen atoms in total. The minimum atomic E-state index is -1.21. The van der Waals surface area contributed by atoms with Gasteiger partial charge in [0.2, 0.25) is 0 Å². The van der Waals surface area contributed by atoms with Crippen molar-refractivity contribution in [2.75, 3.05) is 0 Å². The lowest BCUT2D eigenvalue weighted by molar-refractivity contribution is -0.153. The van der Waals surface area contributed by atoms with Gasteiger partial charge >= 0.3 is 11.9 Å². The van der Waals surface area contributed by atoms with Crippen molar-refractivity contribution in [3.8, 4) is 0 Å². The van der Waals surface area contributed by atoms with Gasteiger partial charge < -0.3 is 19.7 Å². The van der Waals surface area contributed by atoms with Crippen molar-refractivity contribution in [3.63, 3.8) is 0 Å². The van der Waals surface area contributed by atoms with E-state index in [0.29, 0.717) is 18.4 Å². The minimum Gasteiger partial charge on any atom is -0.481 e. The third-order valence-corrected chi connectivity index (χ3v) is 7.65. The van der Waals surface area contributed by atoms with Gasteiger partial charge in [0.1, 0.15) is 31.1 Å². The van der Waals surface area contributed by atoms with Crippen LogP contribution in [0.25, 0.3) is 0 Å². The highest BCUT2D eigenvalue weighted by molar-refractivity contribution is 14.1. The molecule has 8 heteroatoms. The molecule has 0 amide bonds. The Balaban J connectivity index is 3.40. The molecule has 32 heavy (non-hydrogen) atoms. The van der Waals surface area contributed by atoms with Crippen molar-refractivity contribution >= 4 is 57.1 Å². The summed E-state index contributed by atoms with van der Waals surface area (Å²) in [4.78, 5) is 24.8. The first-order chi connectivity index (χ1) is 15.2. The number of ether oxygens (including phenoxy) is 2. The molecule has 0 saturated carbocycles. The van der Waals surface area contributed by atoms with Crippen LogP contribution in [0.4, 0.5) is 0 Å². The molecule has 4 atom stereocenters. The molecule has 2 N–H and O–H groups in total. The van der Waals surface area contributed by atoms with E-state index in [9.17, 15) is 19.8 Å². The molecule has 0 saturated heterocycles. The van der Waals surface area contributed by atoms with Gasteiger partial charge in [-0.25, -0.2) is 4.79 Å². The molecule has 4 unspecified atom stereocenters. The van der Waals surface area contributed by atoms with E-state index in [-0.39, 0.29) is 19.6 Å². The summed E-state index contributed by atoms with van der Waals surface area (Å²) in [7, 11) is 0.